The van der Waals surface area contributed by atoms with E-state index >= 15 is 0 Å². The number of piperidine rings is 1. The molecule has 1 aromatic carbocycles. The minimum Gasteiger partial charge on any atom is -0.341 e. The molecule has 21 heavy (non-hydrogen) atoms. The van der Waals surface area contributed by atoms with Crippen LogP contribution < -0.4 is 10.6 Å². The predicted octanol–water partition coefficient (Wildman–Crippen LogP) is 1.32. The average Bonchev–Trinajstić information content (AvgIpc) is 2.53. The lowest BCUT2D eigenvalue weighted by atomic mass is 9.88. The van der Waals surface area contributed by atoms with Crippen LogP contribution in [0.1, 0.15) is 30.7 Å². The van der Waals surface area contributed by atoms with Crippen molar-refractivity contribution in [2.24, 2.45) is 0 Å². The Balaban J connectivity index is 1.83. The van der Waals surface area contributed by atoms with Crippen LogP contribution in [0.3, 0.4) is 0 Å². The highest BCUT2D eigenvalue weighted by molar-refractivity contribution is 6.01. The summed E-state index contributed by atoms with van der Waals surface area (Å²) in [5.41, 5.74) is 1.71. The molecule has 2 N–H and O–H groups in total. The average molecular weight is 287 g/mol. The fourth-order valence-electron chi connectivity index (χ4n) is 3.26. The Morgan fingerprint density at radius 3 is 3.00 bits per heavy atom. The third-order valence-electron chi connectivity index (χ3n) is 4.44. The fourth-order valence-corrected chi connectivity index (χ4v) is 3.26. The fraction of sp³-hybridized carbons (Fsp3) is 0.500. The van der Waals surface area contributed by atoms with Crippen LogP contribution >= 0.6 is 0 Å². The molecule has 0 bridgehead atoms. The molecule has 0 spiro atoms. The van der Waals surface area contributed by atoms with Gasteiger partial charge < -0.3 is 15.5 Å². The maximum absolute atomic E-state index is 12.8. The van der Waals surface area contributed by atoms with E-state index in [4.69, 9.17) is 0 Å². The van der Waals surface area contributed by atoms with Crippen molar-refractivity contribution in [2.45, 2.75) is 31.2 Å². The minimum absolute atomic E-state index is 0.0748. The van der Waals surface area contributed by atoms with E-state index in [1.54, 1.807) is 0 Å². The van der Waals surface area contributed by atoms with Crippen molar-refractivity contribution >= 4 is 17.5 Å². The van der Waals surface area contributed by atoms with Gasteiger partial charge in [-0.25, -0.2) is 0 Å². The van der Waals surface area contributed by atoms with E-state index in [1.807, 2.05) is 36.2 Å². The van der Waals surface area contributed by atoms with Crippen LogP contribution in [0.4, 0.5) is 5.69 Å². The second-order valence-corrected chi connectivity index (χ2v) is 5.80. The molecule has 1 aromatic rings. The summed E-state index contributed by atoms with van der Waals surface area (Å²) < 4.78 is 0. The molecule has 1 fully saturated rings. The number of benzene rings is 1. The van der Waals surface area contributed by atoms with Crippen LogP contribution in [0.5, 0.6) is 0 Å². The molecule has 0 aliphatic carbocycles. The molecule has 5 heteroatoms. The van der Waals surface area contributed by atoms with Crippen molar-refractivity contribution in [2.75, 3.05) is 25.5 Å². The lowest BCUT2D eigenvalue weighted by Gasteiger charge is -2.36. The zero-order chi connectivity index (χ0) is 14.8. The van der Waals surface area contributed by atoms with Gasteiger partial charge in [-0.05, 0) is 31.5 Å². The summed E-state index contributed by atoms with van der Waals surface area (Å²) in [6, 6.07) is 7.96. The van der Waals surface area contributed by atoms with Crippen molar-refractivity contribution in [3.63, 3.8) is 0 Å². The van der Waals surface area contributed by atoms with Crippen molar-refractivity contribution < 1.29 is 9.59 Å². The highest BCUT2D eigenvalue weighted by Gasteiger charge is 2.34. The highest BCUT2D eigenvalue weighted by atomic mass is 16.2. The number of likely N-dealkylation sites (tertiary alicyclic amines) is 1. The number of hydrogen-bond donors (Lipinski definition) is 2. The highest BCUT2D eigenvalue weighted by Crippen LogP contribution is 2.33. The number of nitrogens with one attached hydrogen (secondary N) is 2. The van der Waals surface area contributed by atoms with Gasteiger partial charge in [0.25, 0.3) is 0 Å². The molecule has 2 heterocycles. The molecule has 2 atom stereocenters. The number of carbonyl (C=O) groups is 2. The second-order valence-electron chi connectivity index (χ2n) is 5.80. The zero-order valence-corrected chi connectivity index (χ0v) is 12.3. The first-order chi connectivity index (χ1) is 10.2. The third kappa shape index (κ3) is 2.78. The van der Waals surface area contributed by atoms with Gasteiger partial charge in [-0.2, -0.15) is 0 Å². The number of anilines is 1. The van der Waals surface area contributed by atoms with Crippen molar-refractivity contribution in [3.05, 3.63) is 29.8 Å². The molecule has 2 unspecified atom stereocenters. The van der Waals surface area contributed by atoms with Crippen LogP contribution in [0.25, 0.3) is 0 Å². The van der Waals surface area contributed by atoms with Gasteiger partial charge in [-0.3, -0.25) is 9.59 Å². The molecule has 1 saturated heterocycles. The van der Waals surface area contributed by atoms with Gasteiger partial charge in [0.15, 0.2) is 0 Å². The Hall–Kier alpha value is -1.88. The minimum atomic E-state index is -0.342. The SMILES string of the molecule is CNC1CCCN(C(=O)C2CC(=O)Nc3ccccc32)C1. The molecule has 112 valence electrons. The predicted molar refractivity (Wildman–Crippen MR) is 81.1 cm³/mol. The maximum atomic E-state index is 12.8. The first kappa shape index (κ1) is 14.1. The molecule has 2 amide bonds. The molecule has 0 radical (unpaired) electrons. The normalized spacial score (nSPS) is 25.2. The number of carbonyl (C=O) groups excluding carboxylic acids is 2. The number of amides is 2. The van der Waals surface area contributed by atoms with E-state index in [-0.39, 0.29) is 24.2 Å². The summed E-state index contributed by atoms with van der Waals surface area (Å²) in [6.45, 7) is 1.52. The van der Waals surface area contributed by atoms with E-state index in [2.05, 4.69) is 10.6 Å². The Bertz CT molecular complexity index is 558. The molecule has 2 aliphatic heterocycles. The number of hydrogen-bond acceptors (Lipinski definition) is 3. The Labute approximate surface area is 124 Å². The molecule has 2 aliphatic rings. The quantitative estimate of drug-likeness (QED) is 0.862. The van der Waals surface area contributed by atoms with Gasteiger partial charge in [0.05, 0.1) is 5.92 Å². The van der Waals surface area contributed by atoms with Gasteiger partial charge >= 0.3 is 0 Å². The maximum Gasteiger partial charge on any atom is 0.230 e. The topological polar surface area (TPSA) is 61.4 Å². The standard InChI is InChI=1S/C16H21N3O2/c1-17-11-5-4-8-19(10-11)16(21)13-9-15(20)18-14-7-3-2-6-12(13)14/h2-3,6-7,11,13,17H,4-5,8-10H2,1H3,(H,18,20). The summed E-state index contributed by atoms with van der Waals surface area (Å²) in [7, 11) is 1.93. The molecular weight excluding hydrogens is 266 g/mol. The van der Waals surface area contributed by atoms with Gasteiger partial charge in [0.1, 0.15) is 0 Å². The Morgan fingerprint density at radius 1 is 1.38 bits per heavy atom. The summed E-state index contributed by atoms with van der Waals surface area (Å²) in [4.78, 5) is 26.6. The van der Waals surface area contributed by atoms with Crippen LogP contribution in [0, 0.1) is 0 Å². The Morgan fingerprint density at radius 2 is 2.19 bits per heavy atom. The first-order valence-corrected chi connectivity index (χ1v) is 7.54. The number of likely N-dealkylation sites (N-methyl/N-ethyl adjacent to an activating group) is 1. The lowest BCUT2D eigenvalue weighted by molar-refractivity contribution is -0.136. The van der Waals surface area contributed by atoms with Gasteiger partial charge in [0, 0.05) is 31.2 Å². The molecule has 3 rings (SSSR count). The van der Waals surface area contributed by atoms with Gasteiger partial charge in [0.2, 0.25) is 11.8 Å². The van der Waals surface area contributed by atoms with Crippen LogP contribution in [-0.2, 0) is 9.59 Å². The zero-order valence-electron chi connectivity index (χ0n) is 12.3. The van der Waals surface area contributed by atoms with Crippen LogP contribution in [0.15, 0.2) is 24.3 Å². The Kier molecular flexibility index (Phi) is 3.92. The summed E-state index contributed by atoms with van der Waals surface area (Å²) >= 11 is 0. The van der Waals surface area contributed by atoms with Gasteiger partial charge in [-0.1, -0.05) is 18.2 Å². The number of para-hydroxylation sites is 1. The summed E-state index contributed by atoms with van der Waals surface area (Å²) in [6.07, 6.45) is 2.36. The van der Waals surface area contributed by atoms with E-state index in [1.165, 1.54) is 0 Å². The van der Waals surface area contributed by atoms with E-state index in [9.17, 15) is 9.59 Å². The van der Waals surface area contributed by atoms with Crippen molar-refractivity contribution in [1.29, 1.82) is 0 Å². The van der Waals surface area contributed by atoms with Crippen molar-refractivity contribution in [3.8, 4) is 0 Å². The van der Waals surface area contributed by atoms with E-state index in [0.29, 0.717) is 6.04 Å². The van der Waals surface area contributed by atoms with Crippen LogP contribution in [-0.4, -0.2) is 42.9 Å². The number of fused-ring (bicyclic) bond motifs is 1. The third-order valence-corrected chi connectivity index (χ3v) is 4.44. The monoisotopic (exact) mass is 287 g/mol. The molecular formula is C16H21N3O2. The number of rotatable bonds is 2. The van der Waals surface area contributed by atoms with Crippen LogP contribution in [0.2, 0.25) is 0 Å². The molecule has 5 nitrogen and oxygen atoms in total. The first-order valence-electron chi connectivity index (χ1n) is 7.54. The lowest BCUT2D eigenvalue weighted by Crippen LogP contribution is -2.49. The summed E-state index contributed by atoms with van der Waals surface area (Å²) in [5, 5.41) is 6.09. The molecule has 0 saturated carbocycles. The largest absolute Gasteiger partial charge is 0.341 e. The number of nitrogens with zero attached hydrogens (tertiary/aromatic N) is 1. The molecule has 0 aromatic heterocycles. The van der Waals surface area contributed by atoms with E-state index < -0.39 is 0 Å². The summed E-state index contributed by atoms with van der Waals surface area (Å²) in [5.74, 6) is -0.336. The van der Waals surface area contributed by atoms with E-state index in [0.717, 1.165) is 37.2 Å². The van der Waals surface area contributed by atoms with Crippen molar-refractivity contribution in [1.82, 2.24) is 10.2 Å². The smallest absolute Gasteiger partial charge is 0.230 e. The van der Waals surface area contributed by atoms with Gasteiger partial charge in [-0.15, -0.1) is 0 Å². The second kappa shape index (κ2) is 5.85.